The van der Waals surface area contributed by atoms with Crippen molar-refractivity contribution in [2.24, 2.45) is 0 Å². The third-order valence-corrected chi connectivity index (χ3v) is 4.41. The van der Waals surface area contributed by atoms with Gasteiger partial charge in [0.05, 0.1) is 17.3 Å². The van der Waals surface area contributed by atoms with Gasteiger partial charge in [-0.25, -0.2) is 4.98 Å². The molecule has 6 nitrogen and oxygen atoms in total. The van der Waals surface area contributed by atoms with Crippen LogP contribution in [0.1, 0.15) is 19.3 Å². The van der Waals surface area contributed by atoms with Gasteiger partial charge in [0.15, 0.2) is 0 Å². The minimum Gasteiger partial charge on any atom is -0.393 e. The Morgan fingerprint density at radius 1 is 1.22 bits per heavy atom. The van der Waals surface area contributed by atoms with E-state index in [1.807, 2.05) is 30.3 Å². The van der Waals surface area contributed by atoms with E-state index in [9.17, 15) is 5.11 Å². The van der Waals surface area contributed by atoms with Crippen molar-refractivity contribution in [1.82, 2.24) is 15.2 Å². The highest BCUT2D eigenvalue weighted by molar-refractivity contribution is 5.95. The van der Waals surface area contributed by atoms with E-state index in [1.165, 1.54) is 0 Å². The second-order valence-electron chi connectivity index (χ2n) is 6.11. The first-order valence-electron chi connectivity index (χ1n) is 7.83. The number of nitrogens with one attached hydrogen (secondary N) is 2. The number of nitrogen functional groups attached to an aromatic ring is 1. The van der Waals surface area contributed by atoms with Crippen LogP contribution in [0.5, 0.6) is 0 Å². The number of hydrogen-bond acceptors (Lipinski definition) is 5. The van der Waals surface area contributed by atoms with E-state index in [2.05, 4.69) is 20.5 Å². The number of H-pyrrole nitrogens is 1. The third-order valence-electron chi connectivity index (χ3n) is 4.41. The largest absolute Gasteiger partial charge is 0.393 e. The lowest BCUT2D eigenvalue weighted by Gasteiger charge is -2.16. The number of nitrogens with two attached hydrogens (primary N) is 1. The number of anilines is 2. The number of rotatable bonds is 3. The summed E-state index contributed by atoms with van der Waals surface area (Å²) in [7, 11) is 0. The van der Waals surface area contributed by atoms with E-state index in [1.54, 1.807) is 6.20 Å². The van der Waals surface area contributed by atoms with Gasteiger partial charge in [-0.1, -0.05) is 12.1 Å². The van der Waals surface area contributed by atoms with Crippen molar-refractivity contribution in [3.05, 3.63) is 36.5 Å². The van der Waals surface area contributed by atoms with E-state index in [-0.39, 0.29) is 12.1 Å². The number of aliphatic hydroxyl groups excluding tert-OH is 1. The number of hydrogen-bond donors (Lipinski definition) is 4. The average Bonchev–Trinajstić information content (AvgIpc) is 3.18. The number of fused-ring (bicyclic) bond motifs is 1. The highest BCUT2D eigenvalue weighted by atomic mass is 16.3. The maximum Gasteiger partial charge on any atom is 0.126 e. The number of aliphatic hydroxyl groups is 1. The molecular formula is C17H19N5O. The van der Waals surface area contributed by atoms with Gasteiger partial charge in [-0.15, -0.1) is 0 Å². The third kappa shape index (κ3) is 2.73. The highest BCUT2D eigenvalue weighted by Crippen LogP contribution is 2.31. The lowest BCUT2D eigenvalue weighted by Crippen LogP contribution is -2.17. The number of aromatic amines is 1. The zero-order valence-electron chi connectivity index (χ0n) is 12.7. The SMILES string of the molecule is Nc1cc(N[C@H]2CC[C@@H](O)C2)c2ccc(-c3ccn[nH]3)cc2n1. The normalized spacial score (nSPS) is 20.9. The molecule has 1 aliphatic carbocycles. The van der Waals surface area contributed by atoms with Crippen molar-refractivity contribution in [3.8, 4) is 11.3 Å². The molecule has 4 rings (SSSR count). The summed E-state index contributed by atoms with van der Waals surface area (Å²) >= 11 is 0. The molecule has 0 unspecified atom stereocenters. The van der Waals surface area contributed by atoms with Crippen LogP contribution in [0, 0.1) is 0 Å². The molecule has 2 heterocycles. The van der Waals surface area contributed by atoms with Crippen LogP contribution in [0.15, 0.2) is 36.5 Å². The number of nitrogens with zero attached hydrogens (tertiary/aromatic N) is 2. The summed E-state index contributed by atoms with van der Waals surface area (Å²) in [6.07, 6.45) is 4.11. The summed E-state index contributed by atoms with van der Waals surface area (Å²) in [5, 5.41) is 21.2. The fraction of sp³-hybridized carbons (Fsp3) is 0.294. The summed E-state index contributed by atoms with van der Waals surface area (Å²) in [5.41, 5.74) is 9.77. The lowest BCUT2D eigenvalue weighted by molar-refractivity contribution is 0.182. The minimum absolute atomic E-state index is 0.204. The Morgan fingerprint density at radius 3 is 2.87 bits per heavy atom. The molecule has 0 amide bonds. The van der Waals surface area contributed by atoms with Crippen LogP contribution in [0.4, 0.5) is 11.5 Å². The molecule has 118 valence electrons. The van der Waals surface area contributed by atoms with E-state index < -0.39 is 0 Å². The van der Waals surface area contributed by atoms with Crippen LogP contribution in [0.3, 0.4) is 0 Å². The molecule has 0 bridgehead atoms. The molecule has 1 fully saturated rings. The van der Waals surface area contributed by atoms with Crippen LogP contribution in [0.25, 0.3) is 22.2 Å². The predicted octanol–water partition coefficient (Wildman–Crippen LogP) is 2.53. The van der Waals surface area contributed by atoms with Gasteiger partial charge in [-0.2, -0.15) is 5.10 Å². The zero-order chi connectivity index (χ0) is 15.8. The van der Waals surface area contributed by atoms with Crippen LogP contribution in [-0.4, -0.2) is 32.4 Å². The fourth-order valence-corrected chi connectivity index (χ4v) is 3.26. The molecule has 0 aliphatic heterocycles. The molecule has 1 aliphatic rings. The second kappa shape index (κ2) is 5.55. The molecule has 3 aromatic rings. The lowest BCUT2D eigenvalue weighted by atomic mass is 10.1. The van der Waals surface area contributed by atoms with Gasteiger partial charge in [0, 0.05) is 34.9 Å². The summed E-state index contributed by atoms with van der Waals surface area (Å²) in [5.74, 6) is 0.486. The van der Waals surface area contributed by atoms with Gasteiger partial charge in [0.2, 0.25) is 0 Å². The molecular weight excluding hydrogens is 290 g/mol. The molecule has 0 saturated heterocycles. The maximum atomic E-state index is 9.70. The second-order valence-corrected chi connectivity index (χ2v) is 6.11. The Morgan fingerprint density at radius 2 is 2.13 bits per heavy atom. The van der Waals surface area contributed by atoms with Gasteiger partial charge in [0.1, 0.15) is 5.82 Å². The first-order valence-corrected chi connectivity index (χ1v) is 7.83. The van der Waals surface area contributed by atoms with Crippen LogP contribution >= 0.6 is 0 Å². The quantitative estimate of drug-likeness (QED) is 0.596. The first-order chi connectivity index (χ1) is 11.2. The van der Waals surface area contributed by atoms with E-state index in [0.717, 1.165) is 47.1 Å². The van der Waals surface area contributed by atoms with Crippen molar-refractivity contribution >= 4 is 22.4 Å². The standard InChI is InChI=1S/C17H19N5O/c18-17-9-16(20-11-2-3-12(23)8-11)13-4-1-10(7-15(13)21-17)14-5-6-19-22-14/h1,4-7,9,11-12,23H,2-3,8H2,(H,19,22)(H3,18,20,21)/t11-,12+/m0/s1. The Bertz CT molecular complexity index is 830. The molecule has 0 radical (unpaired) electrons. The van der Waals surface area contributed by atoms with Crippen LogP contribution < -0.4 is 11.1 Å². The number of pyridine rings is 1. The fourth-order valence-electron chi connectivity index (χ4n) is 3.26. The smallest absolute Gasteiger partial charge is 0.126 e. The van der Waals surface area contributed by atoms with E-state index in [0.29, 0.717) is 5.82 Å². The molecule has 0 spiro atoms. The van der Waals surface area contributed by atoms with Gasteiger partial charge in [-0.05, 0) is 31.4 Å². The predicted molar refractivity (Wildman–Crippen MR) is 91.0 cm³/mol. The molecule has 2 atom stereocenters. The summed E-state index contributed by atoms with van der Waals surface area (Å²) in [6.45, 7) is 0. The number of benzene rings is 1. The maximum absolute atomic E-state index is 9.70. The summed E-state index contributed by atoms with van der Waals surface area (Å²) < 4.78 is 0. The van der Waals surface area contributed by atoms with Crippen molar-refractivity contribution in [2.45, 2.75) is 31.4 Å². The average molecular weight is 309 g/mol. The molecule has 1 aromatic carbocycles. The van der Waals surface area contributed by atoms with Crippen molar-refractivity contribution in [2.75, 3.05) is 11.1 Å². The topological polar surface area (TPSA) is 99.9 Å². The summed E-state index contributed by atoms with van der Waals surface area (Å²) in [6, 6.07) is 10.2. The molecule has 23 heavy (non-hydrogen) atoms. The van der Waals surface area contributed by atoms with Crippen LogP contribution in [-0.2, 0) is 0 Å². The van der Waals surface area contributed by atoms with Crippen LogP contribution in [0.2, 0.25) is 0 Å². The van der Waals surface area contributed by atoms with Crippen molar-refractivity contribution < 1.29 is 5.11 Å². The molecule has 5 N–H and O–H groups in total. The zero-order valence-corrected chi connectivity index (χ0v) is 12.7. The van der Waals surface area contributed by atoms with Crippen molar-refractivity contribution in [1.29, 1.82) is 0 Å². The Kier molecular flexibility index (Phi) is 3.38. The Labute approximate surface area is 133 Å². The van der Waals surface area contributed by atoms with Gasteiger partial charge >= 0.3 is 0 Å². The van der Waals surface area contributed by atoms with Gasteiger partial charge in [-0.3, -0.25) is 5.10 Å². The summed E-state index contributed by atoms with van der Waals surface area (Å²) in [4.78, 5) is 4.45. The molecule has 6 heteroatoms. The Hall–Kier alpha value is -2.60. The van der Waals surface area contributed by atoms with E-state index in [4.69, 9.17) is 5.73 Å². The molecule has 2 aromatic heterocycles. The number of aromatic nitrogens is 3. The van der Waals surface area contributed by atoms with Gasteiger partial charge in [0.25, 0.3) is 0 Å². The first kappa shape index (κ1) is 14.0. The monoisotopic (exact) mass is 309 g/mol. The van der Waals surface area contributed by atoms with E-state index >= 15 is 0 Å². The Balaban J connectivity index is 1.73. The minimum atomic E-state index is -0.204. The highest BCUT2D eigenvalue weighted by Gasteiger charge is 2.23. The molecule has 1 saturated carbocycles. The van der Waals surface area contributed by atoms with Crippen molar-refractivity contribution in [3.63, 3.8) is 0 Å². The van der Waals surface area contributed by atoms with Gasteiger partial charge < -0.3 is 16.2 Å².